The molecule has 148 valence electrons. The summed E-state index contributed by atoms with van der Waals surface area (Å²) in [5.41, 5.74) is 1.26. The lowest BCUT2D eigenvalue weighted by Gasteiger charge is -2.21. The summed E-state index contributed by atoms with van der Waals surface area (Å²) in [6.45, 7) is 5.04. The maximum absolute atomic E-state index is 4.47. The number of rotatable bonds is 6. The van der Waals surface area contributed by atoms with E-state index in [1.165, 1.54) is 15.6 Å². The van der Waals surface area contributed by atoms with Crippen molar-refractivity contribution in [1.82, 2.24) is 15.6 Å². The summed E-state index contributed by atoms with van der Waals surface area (Å²) >= 11 is 5.45. The molecule has 0 bridgehead atoms. The van der Waals surface area contributed by atoms with E-state index in [4.69, 9.17) is 0 Å². The number of hydrogen-bond acceptors (Lipinski definition) is 4. The van der Waals surface area contributed by atoms with Crippen molar-refractivity contribution in [1.29, 1.82) is 0 Å². The van der Waals surface area contributed by atoms with Crippen LogP contribution in [0.5, 0.6) is 0 Å². The van der Waals surface area contributed by atoms with E-state index >= 15 is 0 Å². The number of para-hydroxylation sites is 1. The first-order chi connectivity index (χ1) is 12.7. The Labute approximate surface area is 191 Å². The third-order valence-electron chi connectivity index (χ3n) is 4.53. The number of guanidine groups is 1. The average Bonchev–Trinajstić information content (AvgIpc) is 3.30. The van der Waals surface area contributed by atoms with E-state index in [-0.39, 0.29) is 24.0 Å². The zero-order valence-electron chi connectivity index (χ0n) is 15.7. The number of aliphatic imine (C=N–C) groups is 1. The molecule has 2 heterocycles. The Kier molecular flexibility index (Phi) is 9.31. The number of thiazole rings is 1. The number of nitrogens with zero attached hydrogens (tertiary/aromatic N) is 3. The lowest BCUT2D eigenvalue weighted by Crippen LogP contribution is -2.45. The molecule has 1 fully saturated rings. The van der Waals surface area contributed by atoms with Crippen molar-refractivity contribution in [3.63, 3.8) is 0 Å². The van der Waals surface area contributed by atoms with Gasteiger partial charge < -0.3 is 15.5 Å². The van der Waals surface area contributed by atoms with Gasteiger partial charge in [-0.05, 0) is 40.9 Å². The Morgan fingerprint density at radius 1 is 1.41 bits per heavy atom. The van der Waals surface area contributed by atoms with Crippen LogP contribution in [0.25, 0.3) is 0 Å². The predicted octanol–water partition coefficient (Wildman–Crippen LogP) is 4.07. The van der Waals surface area contributed by atoms with Gasteiger partial charge in [0.1, 0.15) is 0 Å². The largest absolute Gasteiger partial charge is 0.368 e. The second-order valence-electron chi connectivity index (χ2n) is 6.35. The van der Waals surface area contributed by atoms with E-state index in [1.54, 1.807) is 11.3 Å². The Hall–Kier alpha value is -0.870. The summed E-state index contributed by atoms with van der Waals surface area (Å²) in [6.07, 6.45) is 5.08. The second kappa shape index (κ2) is 11.2. The van der Waals surface area contributed by atoms with E-state index < -0.39 is 0 Å². The van der Waals surface area contributed by atoms with Crippen molar-refractivity contribution in [2.45, 2.75) is 32.2 Å². The highest BCUT2D eigenvalue weighted by molar-refractivity contribution is 14.0. The van der Waals surface area contributed by atoms with Crippen LogP contribution >= 0.6 is 51.2 Å². The van der Waals surface area contributed by atoms with E-state index in [9.17, 15) is 0 Å². The van der Waals surface area contributed by atoms with E-state index in [2.05, 4.69) is 72.6 Å². The van der Waals surface area contributed by atoms with Gasteiger partial charge >= 0.3 is 0 Å². The highest BCUT2D eigenvalue weighted by Gasteiger charge is 2.24. The zero-order chi connectivity index (χ0) is 18.4. The molecule has 3 rings (SSSR count). The number of benzene rings is 1. The summed E-state index contributed by atoms with van der Waals surface area (Å²) in [5, 5.41) is 8.15. The van der Waals surface area contributed by atoms with Gasteiger partial charge in [-0.2, -0.15) is 0 Å². The highest BCUT2D eigenvalue weighted by atomic mass is 127. The van der Waals surface area contributed by atoms with Gasteiger partial charge in [0.15, 0.2) is 5.96 Å². The van der Waals surface area contributed by atoms with Crippen molar-refractivity contribution in [2.24, 2.45) is 4.99 Å². The minimum Gasteiger partial charge on any atom is -0.368 e. The molecule has 27 heavy (non-hydrogen) atoms. The molecule has 0 saturated carbocycles. The van der Waals surface area contributed by atoms with Gasteiger partial charge in [-0.1, -0.05) is 19.1 Å². The normalized spacial score (nSPS) is 16.9. The molecule has 1 aliphatic heterocycles. The average molecular weight is 564 g/mol. The maximum Gasteiger partial charge on any atom is 0.191 e. The zero-order valence-corrected chi connectivity index (χ0v) is 20.5. The molecule has 1 unspecified atom stereocenters. The minimum absolute atomic E-state index is 0. The van der Waals surface area contributed by atoms with Crippen molar-refractivity contribution < 1.29 is 0 Å². The van der Waals surface area contributed by atoms with E-state index in [1.807, 2.05) is 13.2 Å². The fraction of sp³-hybridized carbons (Fsp3) is 0.474. The molecule has 8 heteroatoms. The third kappa shape index (κ3) is 6.32. The number of anilines is 1. The van der Waals surface area contributed by atoms with Gasteiger partial charge in [-0.3, -0.25) is 4.99 Å². The molecule has 2 N–H and O–H groups in total. The Morgan fingerprint density at radius 3 is 2.93 bits per heavy atom. The van der Waals surface area contributed by atoms with Gasteiger partial charge in [0.2, 0.25) is 0 Å². The molecule has 1 atom stereocenters. The first kappa shape index (κ1) is 22.4. The van der Waals surface area contributed by atoms with Gasteiger partial charge in [0, 0.05) is 54.7 Å². The number of nitrogens with one attached hydrogen (secondary N) is 2. The fourth-order valence-electron chi connectivity index (χ4n) is 3.11. The molecule has 1 aromatic heterocycles. The van der Waals surface area contributed by atoms with Crippen LogP contribution in [-0.4, -0.2) is 43.7 Å². The molecular weight excluding hydrogens is 537 g/mol. The highest BCUT2D eigenvalue weighted by Crippen LogP contribution is 2.28. The Morgan fingerprint density at radius 2 is 2.22 bits per heavy atom. The molecule has 2 aromatic rings. The number of aryl methyl sites for hydroxylation is 1. The topological polar surface area (TPSA) is 52.6 Å². The number of aromatic nitrogens is 1. The van der Waals surface area contributed by atoms with Crippen LogP contribution in [0.2, 0.25) is 0 Å². The molecule has 1 aliphatic rings. The quantitative estimate of drug-likeness (QED) is 0.316. The minimum atomic E-state index is 0. The number of hydrogen-bond donors (Lipinski definition) is 2. The first-order valence-electron chi connectivity index (χ1n) is 9.09. The lowest BCUT2D eigenvalue weighted by atomic mass is 10.2. The smallest absolute Gasteiger partial charge is 0.191 e. The number of halogens is 2. The molecule has 0 radical (unpaired) electrons. The fourth-order valence-corrected chi connectivity index (χ4v) is 4.51. The molecule has 0 aliphatic carbocycles. The van der Waals surface area contributed by atoms with Gasteiger partial charge in [-0.15, -0.1) is 35.3 Å². The summed E-state index contributed by atoms with van der Waals surface area (Å²) in [6, 6.07) is 8.80. The summed E-state index contributed by atoms with van der Waals surface area (Å²) in [5.74, 6) is 0.872. The molecule has 1 aromatic carbocycles. The molecule has 0 spiro atoms. The van der Waals surface area contributed by atoms with Crippen molar-refractivity contribution in [2.75, 3.05) is 31.6 Å². The second-order valence-corrected chi connectivity index (χ2v) is 8.40. The molecule has 1 saturated heterocycles. The van der Waals surface area contributed by atoms with Gasteiger partial charge in [0.05, 0.1) is 10.7 Å². The monoisotopic (exact) mass is 563 g/mol. The van der Waals surface area contributed by atoms with E-state index in [0.717, 1.165) is 49.3 Å². The first-order valence-corrected chi connectivity index (χ1v) is 10.7. The van der Waals surface area contributed by atoms with Crippen LogP contribution in [0, 0.1) is 0 Å². The van der Waals surface area contributed by atoms with Crippen molar-refractivity contribution >= 4 is 62.9 Å². The Balaban J connectivity index is 0.00000261. The SMILES string of the molecule is CCc1cnc(CCNC(=NC)NC2CCN(c3ccccc3Br)C2)s1.I. The molecule has 0 amide bonds. The van der Waals surface area contributed by atoms with E-state index in [0.29, 0.717) is 6.04 Å². The van der Waals surface area contributed by atoms with Gasteiger partial charge in [0.25, 0.3) is 0 Å². The Bertz CT molecular complexity index is 751. The van der Waals surface area contributed by atoms with Crippen LogP contribution in [0.3, 0.4) is 0 Å². The molecule has 5 nitrogen and oxygen atoms in total. The van der Waals surface area contributed by atoms with Crippen LogP contribution in [-0.2, 0) is 12.8 Å². The predicted molar refractivity (Wildman–Crippen MR) is 130 cm³/mol. The van der Waals surface area contributed by atoms with Crippen LogP contribution in [0.1, 0.15) is 23.2 Å². The lowest BCUT2D eigenvalue weighted by molar-refractivity contribution is 0.648. The third-order valence-corrected chi connectivity index (χ3v) is 6.40. The standard InChI is InChI=1S/C19H26BrN5S.HI/c1-3-15-12-23-18(26-15)8-10-22-19(21-2)24-14-9-11-25(13-14)17-7-5-4-6-16(17)20;/h4-7,12,14H,3,8-11,13H2,1-2H3,(H2,21,22,24);1H. The maximum atomic E-state index is 4.47. The summed E-state index contributed by atoms with van der Waals surface area (Å²) in [4.78, 5) is 12.6. The van der Waals surface area contributed by atoms with Crippen LogP contribution < -0.4 is 15.5 Å². The van der Waals surface area contributed by atoms with Crippen molar-refractivity contribution in [3.8, 4) is 0 Å². The van der Waals surface area contributed by atoms with Crippen molar-refractivity contribution in [3.05, 3.63) is 44.8 Å². The van der Waals surface area contributed by atoms with Gasteiger partial charge in [-0.25, -0.2) is 4.98 Å². The van der Waals surface area contributed by atoms with Crippen LogP contribution in [0.15, 0.2) is 39.9 Å². The van der Waals surface area contributed by atoms with Crippen LogP contribution in [0.4, 0.5) is 5.69 Å². The summed E-state index contributed by atoms with van der Waals surface area (Å²) in [7, 11) is 1.83. The summed E-state index contributed by atoms with van der Waals surface area (Å²) < 4.78 is 1.15. The molecular formula is C19H27BrIN5S.